The fourth-order valence-electron chi connectivity index (χ4n) is 1.35. The van der Waals surface area contributed by atoms with Crippen molar-refractivity contribution >= 4 is 39.1 Å². The molecule has 19 heavy (non-hydrogen) atoms. The van der Waals surface area contributed by atoms with Crippen LogP contribution in [0.15, 0.2) is 38.5 Å². The highest BCUT2D eigenvalue weighted by Crippen LogP contribution is 2.25. The Labute approximate surface area is 119 Å². The summed E-state index contributed by atoms with van der Waals surface area (Å²) in [5, 5.41) is 3.02. The van der Waals surface area contributed by atoms with E-state index in [2.05, 4.69) is 26.2 Å². The third-order valence-corrected chi connectivity index (χ3v) is 3.46. The van der Waals surface area contributed by atoms with Gasteiger partial charge in [-0.15, -0.1) is 0 Å². The van der Waals surface area contributed by atoms with Crippen molar-refractivity contribution < 1.29 is 4.79 Å². The summed E-state index contributed by atoms with van der Waals surface area (Å²) >= 11 is 9.04. The van der Waals surface area contributed by atoms with Crippen molar-refractivity contribution in [3.63, 3.8) is 0 Å². The number of carbonyl (C=O) groups is 1. The van der Waals surface area contributed by atoms with Crippen molar-refractivity contribution in [2.75, 3.05) is 5.32 Å². The van der Waals surface area contributed by atoms with Crippen LogP contribution in [0.2, 0.25) is 5.02 Å². The molecule has 0 saturated carbocycles. The number of H-pyrrole nitrogens is 2. The summed E-state index contributed by atoms with van der Waals surface area (Å²) in [4.78, 5) is 38.3. The Bertz CT molecular complexity index is 753. The summed E-state index contributed by atoms with van der Waals surface area (Å²) in [5.41, 5.74) is -1.15. The summed E-state index contributed by atoms with van der Waals surface area (Å²) in [5.74, 6) is -0.633. The fraction of sp³-hybridized carbons (Fsp3) is 0. The van der Waals surface area contributed by atoms with Crippen molar-refractivity contribution in [2.24, 2.45) is 0 Å². The third-order valence-electron chi connectivity index (χ3n) is 2.24. The van der Waals surface area contributed by atoms with Gasteiger partial charge in [0.1, 0.15) is 5.56 Å². The number of benzene rings is 1. The Morgan fingerprint density at radius 1 is 1.32 bits per heavy atom. The fourth-order valence-corrected chi connectivity index (χ4v) is 1.85. The van der Waals surface area contributed by atoms with Crippen LogP contribution >= 0.6 is 27.5 Å². The number of aromatic amines is 2. The van der Waals surface area contributed by atoms with Crippen molar-refractivity contribution in [3.8, 4) is 0 Å². The second-order valence-corrected chi connectivity index (χ2v) is 4.83. The molecule has 0 aliphatic rings. The van der Waals surface area contributed by atoms with E-state index in [4.69, 9.17) is 11.6 Å². The monoisotopic (exact) mass is 343 g/mol. The number of rotatable bonds is 2. The van der Waals surface area contributed by atoms with Gasteiger partial charge in [0.2, 0.25) is 0 Å². The number of nitrogens with one attached hydrogen (secondary N) is 3. The Balaban J connectivity index is 2.28. The zero-order valence-electron chi connectivity index (χ0n) is 9.29. The first-order valence-electron chi connectivity index (χ1n) is 5.06. The lowest BCUT2D eigenvalue weighted by Crippen LogP contribution is -2.29. The number of hydrogen-bond acceptors (Lipinski definition) is 3. The van der Waals surface area contributed by atoms with Gasteiger partial charge in [0.15, 0.2) is 0 Å². The van der Waals surface area contributed by atoms with Gasteiger partial charge in [-0.2, -0.15) is 0 Å². The first-order chi connectivity index (χ1) is 8.97. The highest BCUT2D eigenvalue weighted by Gasteiger charge is 2.11. The minimum atomic E-state index is -0.755. The van der Waals surface area contributed by atoms with E-state index in [-0.39, 0.29) is 5.56 Å². The quantitative estimate of drug-likeness (QED) is 0.774. The number of amides is 1. The topological polar surface area (TPSA) is 94.8 Å². The van der Waals surface area contributed by atoms with E-state index in [1.54, 1.807) is 18.2 Å². The third kappa shape index (κ3) is 3.12. The van der Waals surface area contributed by atoms with Crippen molar-refractivity contribution in [1.82, 2.24) is 9.97 Å². The van der Waals surface area contributed by atoms with Crippen LogP contribution in [-0.4, -0.2) is 15.9 Å². The van der Waals surface area contributed by atoms with E-state index in [0.29, 0.717) is 15.2 Å². The Morgan fingerprint density at radius 2 is 2.05 bits per heavy atom. The van der Waals surface area contributed by atoms with E-state index in [0.717, 1.165) is 6.20 Å². The Kier molecular flexibility index (Phi) is 3.87. The first-order valence-corrected chi connectivity index (χ1v) is 6.23. The maximum absolute atomic E-state index is 11.8. The van der Waals surface area contributed by atoms with Gasteiger partial charge in [-0.25, -0.2) is 4.79 Å². The molecule has 0 saturated heterocycles. The number of aromatic nitrogens is 2. The molecule has 1 aromatic heterocycles. The predicted octanol–water partition coefficient (Wildman–Crippen LogP) is 1.73. The van der Waals surface area contributed by atoms with Crippen LogP contribution in [0.4, 0.5) is 5.69 Å². The molecule has 0 fully saturated rings. The predicted molar refractivity (Wildman–Crippen MR) is 74.8 cm³/mol. The SMILES string of the molecule is O=C(Nc1ccc(Cl)c(Br)c1)c1c[nH]c(=O)[nH]c1=O. The molecular formula is C11H7BrClN3O3. The molecule has 1 aromatic carbocycles. The Hall–Kier alpha value is -1.86. The van der Waals surface area contributed by atoms with Crippen LogP contribution in [-0.2, 0) is 0 Å². The minimum Gasteiger partial charge on any atom is -0.322 e. The molecule has 0 aliphatic carbocycles. The summed E-state index contributed by atoms with van der Waals surface area (Å²) in [6.45, 7) is 0. The average molecular weight is 345 g/mol. The lowest BCUT2D eigenvalue weighted by molar-refractivity contribution is 0.102. The molecule has 2 aromatic rings. The van der Waals surface area contributed by atoms with Gasteiger partial charge < -0.3 is 10.3 Å². The van der Waals surface area contributed by atoms with E-state index < -0.39 is 17.2 Å². The largest absolute Gasteiger partial charge is 0.325 e. The number of hydrogen-bond donors (Lipinski definition) is 3. The average Bonchev–Trinajstić information content (AvgIpc) is 2.33. The van der Waals surface area contributed by atoms with Crippen LogP contribution in [0.25, 0.3) is 0 Å². The summed E-state index contributed by atoms with van der Waals surface area (Å²) in [6, 6.07) is 4.78. The smallest absolute Gasteiger partial charge is 0.322 e. The summed E-state index contributed by atoms with van der Waals surface area (Å²) < 4.78 is 0.613. The molecule has 2 rings (SSSR count). The minimum absolute atomic E-state index is 0.189. The second-order valence-electron chi connectivity index (χ2n) is 3.57. The zero-order valence-corrected chi connectivity index (χ0v) is 11.6. The molecule has 6 nitrogen and oxygen atoms in total. The van der Waals surface area contributed by atoms with Crippen LogP contribution in [0.5, 0.6) is 0 Å². The van der Waals surface area contributed by atoms with Crippen molar-refractivity contribution in [1.29, 1.82) is 0 Å². The molecule has 1 amide bonds. The van der Waals surface area contributed by atoms with Gasteiger partial charge in [0.25, 0.3) is 11.5 Å². The molecule has 0 spiro atoms. The molecule has 0 bridgehead atoms. The van der Waals surface area contributed by atoms with E-state index in [1.165, 1.54) is 0 Å². The van der Waals surface area contributed by atoms with Gasteiger partial charge in [0, 0.05) is 16.4 Å². The van der Waals surface area contributed by atoms with Gasteiger partial charge in [-0.3, -0.25) is 14.6 Å². The van der Waals surface area contributed by atoms with Crippen LogP contribution in [0, 0.1) is 0 Å². The maximum Gasteiger partial charge on any atom is 0.325 e. The molecule has 0 aliphatic heterocycles. The maximum atomic E-state index is 11.8. The first kappa shape index (κ1) is 13.6. The lowest BCUT2D eigenvalue weighted by atomic mass is 10.2. The molecule has 8 heteroatoms. The second kappa shape index (κ2) is 5.41. The molecule has 0 radical (unpaired) electrons. The molecule has 98 valence electrons. The van der Waals surface area contributed by atoms with Gasteiger partial charge in [-0.05, 0) is 34.1 Å². The van der Waals surface area contributed by atoms with Crippen LogP contribution in [0.3, 0.4) is 0 Å². The summed E-state index contributed by atoms with van der Waals surface area (Å²) in [7, 11) is 0. The standard InChI is InChI=1S/C11H7BrClN3O3/c12-7-3-5(1-2-8(7)13)15-9(17)6-4-14-11(19)16-10(6)18/h1-4H,(H,15,17)(H2,14,16,18,19). The van der Waals surface area contributed by atoms with E-state index >= 15 is 0 Å². The molecule has 0 unspecified atom stereocenters. The van der Waals surface area contributed by atoms with E-state index in [1.807, 2.05) is 4.98 Å². The van der Waals surface area contributed by atoms with Crippen LogP contribution < -0.4 is 16.6 Å². The summed E-state index contributed by atoms with van der Waals surface area (Å²) in [6.07, 6.45) is 1.06. The highest BCUT2D eigenvalue weighted by molar-refractivity contribution is 9.10. The molecular weight excluding hydrogens is 337 g/mol. The number of halogens is 2. The molecule has 3 N–H and O–H groups in total. The lowest BCUT2D eigenvalue weighted by Gasteiger charge is -2.05. The number of carbonyl (C=O) groups excluding carboxylic acids is 1. The van der Waals surface area contributed by atoms with Crippen molar-refractivity contribution in [3.05, 3.63) is 60.3 Å². The number of anilines is 1. The van der Waals surface area contributed by atoms with Crippen LogP contribution in [0.1, 0.15) is 10.4 Å². The van der Waals surface area contributed by atoms with Gasteiger partial charge in [0.05, 0.1) is 5.02 Å². The van der Waals surface area contributed by atoms with Crippen molar-refractivity contribution in [2.45, 2.75) is 0 Å². The van der Waals surface area contributed by atoms with Gasteiger partial charge >= 0.3 is 5.69 Å². The Morgan fingerprint density at radius 3 is 2.68 bits per heavy atom. The highest BCUT2D eigenvalue weighted by atomic mass is 79.9. The normalized spacial score (nSPS) is 10.2. The molecule has 0 atom stereocenters. The molecule has 1 heterocycles. The zero-order chi connectivity index (χ0) is 14.0. The van der Waals surface area contributed by atoms with E-state index in [9.17, 15) is 14.4 Å². The van der Waals surface area contributed by atoms with Gasteiger partial charge in [-0.1, -0.05) is 11.6 Å².